The van der Waals surface area contributed by atoms with Crippen molar-refractivity contribution < 1.29 is 13.2 Å². The highest BCUT2D eigenvalue weighted by atomic mass is 32.2. The molecule has 0 unspecified atom stereocenters. The number of carbonyl (C=O) groups excluding carboxylic acids is 1. The van der Waals surface area contributed by atoms with Crippen LogP contribution in [0.1, 0.15) is 21.7 Å². The van der Waals surface area contributed by atoms with Crippen molar-refractivity contribution in [2.24, 2.45) is 7.05 Å². The summed E-state index contributed by atoms with van der Waals surface area (Å²) in [5, 5.41) is 8.86. The van der Waals surface area contributed by atoms with Gasteiger partial charge in [-0.25, -0.2) is 13.4 Å². The standard InChI is InChI=1S/C14H16N4O3S/c1-8-6-11(12-9(2)17-18(3)13(12)15-8)14(19)16-10-4-5-22(20,21)7-10/h4-6,10H,7H2,1-3H3,(H,16,19)/t10-/m1/s1. The second-order valence-electron chi connectivity index (χ2n) is 5.46. The minimum Gasteiger partial charge on any atom is -0.345 e. The molecule has 0 aromatic carbocycles. The van der Waals surface area contributed by atoms with Gasteiger partial charge in [-0.05, 0) is 26.0 Å². The van der Waals surface area contributed by atoms with E-state index in [1.807, 2.05) is 6.92 Å². The average molecular weight is 320 g/mol. The lowest BCUT2D eigenvalue weighted by atomic mass is 10.1. The van der Waals surface area contributed by atoms with Crippen LogP contribution in [0.3, 0.4) is 0 Å². The first kappa shape index (κ1) is 14.7. The number of rotatable bonds is 2. The Kier molecular flexibility index (Phi) is 3.28. The third kappa shape index (κ3) is 2.50. The number of pyridine rings is 1. The lowest BCUT2D eigenvalue weighted by molar-refractivity contribution is 0.0949. The van der Waals surface area contributed by atoms with E-state index >= 15 is 0 Å². The van der Waals surface area contributed by atoms with E-state index in [9.17, 15) is 13.2 Å². The monoisotopic (exact) mass is 320 g/mol. The van der Waals surface area contributed by atoms with Gasteiger partial charge in [-0.15, -0.1) is 0 Å². The number of amides is 1. The lowest BCUT2D eigenvalue weighted by Crippen LogP contribution is -2.35. The van der Waals surface area contributed by atoms with Crippen molar-refractivity contribution >= 4 is 26.8 Å². The van der Waals surface area contributed by atoms with Crippen LogP contribution in [-0.2, 0) is 16.9 Å². The van der Waals surface area contributed by atoms with Crippen molar-refractivity contribution in [1.82, 2.24) is 20.1 Å². The van der Waals surface area contributed by atoms with Gasteiger partial charge in [0, 0.05) is 18.1 Å². The van der Waals surface area contributed by atoms with E-state index in [1.54, 1.807) is 24.7 Å². The van der Waals surface area contributed by atoms with Crippen LogP contribution in [0, 0.1) is 13.8 Å². The summed E-state index contributed by atoms with van der Waals surface area (Å²) < 4.78 is 24.5. The Bertz CT molecular complexity index is 912. The molecule has 0 saturated heterocycles. The summed E-state index contributed by atoms with van der Waals surface area (Å²) in [6.07, 6.45) is 1.49. The molecule has 8 heteroatoms. The maximum absolute atomic E-state index is 12.5. The predicted molar refractivity (Wildman–Crippen MR) is 82.2 cm³/mol. The van der Waals surface area contributed by atoms with E-state index in [0.29, 0.717) is 28.0 Å². The van der Waals surface area contributed by atoms with Crippen LogP contribution in [0.5, 0.6) is 0 Å². The summed E-state index contributed by atoms with van der Waals surface area (Å²) >= 11 is 0. The molecule has 3 rings (SSSR count). The third-order valence-corrected chi connectivity index (χ3v) is 4.98. The van der Waals surface area contributed by atoms with Crippen LogP contribution in [0.4, 0.5) is 0 Å². The second kappa shape index (κ2) is 4.91. The van der Waals surface area contributed by atoms with Gasteiger partial charge < -0.3 is 5.32 Å². The van der Waals surface area contributed by atoms with Crippen LogP contribution in [-0.4, -0.2) is 40.9 Å². The second-order valence-corrected chi connectivity index (χ2v) is 7.39. The Labute approximate surface area is 128 Å². The molecule has 7 nitrogen and oxygen atoms in total. The normalized spacial score (nSPS) is 19.7. The highest BCUT2D eigenvalue weighted by Gasteiger charge is 2.25. The number of nitrogens with one attached hydrogen (secondary N) is 1. The van der Waals surface area contributed by atoms with Gasteiger partial charge in [-0.3, -0.25) is 9.48 Å². The molecule has 1 amide bonds. The molecule has 22 heavy (non-hydrogen) atoms. The number of fused-ring (bicyclic) bond motifs is 1. The minimum absolute atomic E-state index is 0.0992. The molecule has 1 atom stereocenters. The summed E-state index contributed by atoms with van der Waals surface area (Å²) in [5.74, 6) is -0.420. The Morgan fingerprint density at radius 1 is 1.41 bits per heavy atom. The number of aromatic nitrogens is 3. The van der Waals surface area contributed by atoms with E-state index < -0.39 is 15.9 Å². The fourth-order valence-corrected chi connectivity index (χ4v) is 3.90. The van der Waals surface area contributed by atoms with Crippen LogP contribution in [0.15, 0.2) is 17.6 Å². The zero-order valence-corrected chi connectivity index (χ0v) is 13.3. The molecule has 0 saturated carbocycles. The average Bonchev–Trinajstić information content (AvgIpc) is 2.89. The van der Waals surface area contributed by atoms with Gasteiger partial charge in [0.15, 0.2) is 15.5 Å². The number of nitrogens with zero attached hydrogens (tertiary/aromatic N) is 3. The van der Waals surface area contributed by atoms with Crippen LogP contribution in [0.25, 0.3) is 11.0 Å². The number of aryl methyl sites for hydroxylation is 3. The van der Waals surface area contributed by atoms with Crippen molar-refractivity contribution in [2.45, 2.75) is 19.9 Å². The molecule has 0 spiro atoms. The topological polar surface area (TPSA) is 94.0 Å². The van der Waals surface area contributed by atoms with Gasteiger partial charge in [0.25, 0.3) is 5.91 Å². The molecular formula is C14H16N4O3S. The summed E-state index contributed by atoms with van der Waals surface area (Å²) in [6, 6.07) is 1.19. The maximum Gasteiger partial charge on any atom is 0.252 e. The first-order valence-corrected chi connectivity index (χ1v) is 8.51. The van der Waals surface area contributed by atoms with Crippen molar-refractivity contribution in [1.29, 1.82) is 0 Å². The highest BCUT2D eigenvalue weighted by molar-refractivity contribution is 7.94. The Hall–Kier alpha value is -2.22. The summed E-state index contributed by atoms with van der Waals surface area (Å²) in [6.45, 7) is 3.62. The van der Waals surface area contributed by atoms with Crippen molar-refractivity contribution in [2.75, 3.05) is 5.75 Å². The van der Waals surface area contributed by atoms with Gasteiger partial charge in [-0.1, -0.05) is 0 Å². The lowest BCUT2D eigenvalue weighted by Gasteiger charge is -2.11. The van der Waals surface area contributed by atoms with Gasteiger partial charge in [-0.2, -0.15) is 5.10 Å². The fraction of sp³-hybridized carbons (Fsp3) is 0.357. The zero-order chi connectivity index (χ0) is 16.1. The molecule has 1 N–H and O–H groups in total. The SMILES string of the molecule is Cc1cc(C(=O)N[C@@H]2C=CS(=O)(=O)C2)c2c(C)nn(C)c2n1. The molecule has 116 valence electrons. The number of hydrogen-bond acceptors (Lipinski definition) is 5. The van der Waals surface area contributed by atoms with Crippen LogP contribution < -0.4 is 5.32 Å². The van der Waals surface area contributed by atoms with Gasteiger partial charge in [0.2, 0.25) is 0 Å². The van der Waals surface area contributed by atoms with Gasteiger partial charge >= 0.3 is 0 Å². The molecule has 0 radical (unpaired) electrons. The summed E-state index contributed by atoms with van der Waals surface area (Å²) in [4.78, 5) is 16.9. The van der Waals surface area contributed by atoms with E-state index in [2.05, 4.69) is 15.4 Å². The largest absolute Gasteiger partial charge is 0.345 e. The zero-order valence-electron chi connectivity index (χ0n) is 12.5. The Morgan fingerprint density at radius 2 is 2.14 bits per heavy atom. The molecule has 0 aliphatic carbocycles. The van der Waals surface area contributed by atoms with E-state index in [0.717, 1.165) is 5.41 Å². The summed E-state index contributed by atoms with van der Waals surface area (Å²) in [5.41, 5.74) is 2.52. The number of carbonyl (C=O) groups is 1. The Morgan fingerprint density at radius 3 is 2.77 bits per heavy atom. The van der Waals surface area contributed by atoms with Crippen LogP contribution in [0.2, 0.25) is 0 Å². The maximum atomic E-state index is 12.5. The predicted octanol–water partition coefficient (Wildman–Crippen LogP) is 0.626. The minimum atomic E-state index is -3.20. The van der Waals surface area contributed by atoms with Crippen molar-refractivity contribution in [3.63, 3.8) is 0 Å². The quantitative estimate of drug-likeness (QED) is 0.875. The molecule has 0 fully saturated rings. The Balaban J connectivity index is 1.99. The first-order valence-electron chi connectivity index (χ1n) is 6.79. The number of hydrogen-bond donors (Lipinski definition) is 1. The third-order valence-electron chi connectivity index (χ3n) is 3.59. The van der Waals surface area contributed by atoms with E-state index in [1.165, 1.54) is 6.08 Å². The molecule has 2 aromatic rings. The molecular weight excluding hydrogens is 304 g/mol. The molecule has 3 heterocycles. The molecule has 2 aromatic heterocycles. The highest BCUT2D eigenvalue weighted by Crippen LogP contribution is 2.22. The first-order chi connectivity index (χ1) is 10.3. The smallest absolute Gasteiger partial charge is 0.252 e. The van der Waals surface area contributed by atoms with Gasteiger partial charge in [0.05, 0.1) is 28.4 Å². The molecule has 1 aliphatic heterocycles. The molecule has 0 bridgehead atoms. The van der Waals surface area contributed by atoms with E-state index in [-0.39, 0.29) is 11.7 Å². The number of sulfone groups is 1. The van der Waals surface area contributed by atoms with Crippen molar-refractivity contribution in [3.8, 4) is 0 Å². The van der Waals surface area contributed by atoms with Crippen LogP contribution >= 0.6 is 0 Å². The van der Waals surface area contributed by atoms with E-state index in [4.69, 9.17) is 0 Å². The fourth-order valence-electron chi connectivity index (χ4n) is 2.66. The summed E-state index contributed by atoms with van der Waals surface area (Å²) in [7, 11) is -1.43. The molecule has 1 aliphatic rings. The van der Waals surface area contributed by atoms with Gasteiger partial charge in [0.1, 0.15) is 0 Å². The van der Waals surface area contributed by atoms with Crippen molar-refractivity contribution in [3.05, 3.63) is 34.5 Å².